The van der Waals surface area contributed by atoms with Crippen molar-refractivity contribution in [1.82, 2.24) is 0 Å². The van der Waals surface area contributed by atoms with E-state index in [0.29, 0.717) is 0 Å². The normalized spacial score (nSPS) is 28.7. The first-order valence-corrected chi connectivity index (χ1v) is 4.02. The molecule has 0 saturated carbocycles. The second-order valence-corrected chi connectivity index (χ2v) is 3.45. The first kappa shape index (κ1) is 10.4. The molecule has 6 heteroatoms. The largest absolute Gasteiger partial charge is 0.383 e. The van der Waals surface area contributed by atoms with Crippen LogP contribution in [0.1, 0.15) is 13.8 Å². The zero-order chi connectivity index (χ0) is 10.1. The third-order valence-electron chi connectivity index (χ3n) is 1.80. The molecule has 1 unspecified atom stereocenters. The Labute approximate surface area is 75.6 Å². The molecule has 0 bridgehead atoms. The molecule has 0 spiro atoms. The summed E-state index contributed by atoms with van der Waals surface area (Å²) in [7, 11) is 0. The number of nitrogens with zero attached hydrogens (tertiary/aromatic N) is 1. The summed E-state index contributed by atoms with van der Waals surface area (Å²) in [5, 5.41) is 19.4. The Hall–Kier alpha value is -0.720. The fraction of sp³-hybridized carbons (Fsp3) is 1.00. The maximum Gasteiger partial charge on any atom is 0.232 e. The summed E-state index contributed by atoms with van der Waals surface area (Å²) in [4.78, 5) is 9.51. The molecule has 1 saturated heterocycles. The van der Waals surface area contributed by atoms with Gasteiger partial charge in [-0.05, 0) is 13.8 Å². The predicted molar refractivity (Wildman–Crippen MR) is 42.8 cm³/mol. The van der Waals surface area contributed by atoms with E-state index in [1.165, 1.54) is 0 Å². The van der Waals surface area contributed by atoms with Crippen LogP contribution in [0.4, 0.5) is 0 Å². The van der Waals surface area contributed by atoms with Gasteiger partial charge in [-0.25, -0.2) is 0 Å². The summed E-state index contributed by atoms with van der Waals surface area (Å²) in [6, 6.07) is 0. The van der Waals surface area contributed by atoms with Crippen molar-refractivity contribution >= 4 is 0 Å². The minimum absolute atomic E-state index is 0.196. The number of rotatable bonds is 3. The number of nitro groups is 1. The van der Waals surface area contributed by atoms with Gasteiger partial charge in [0.2, 0.25) is 6.54 Å². The monoisotopic (exact) mass is 191 g/mol. The van der Waals surface area contributed by atoms with Gasteiger partial charge in [0.15, 0.2) is 5.79 Å². The molecule has 0 amide bonds. The van der Waals surface area contributed by atoms with E-state index in [1.807, 2.05) is 0 Å². The van der Waals surface area contributed by atoms with Crippen LogP contribution in [0.15, 0.2) is 0 Å². The Morgan fingerprint density at radius 1 is 1.77 bits per heavy atom. The number of aliphatic hydroxyl groups is 1. The van der Waals surface area contributed by atoms with Crippen molar-refractivity contribution in [3.8, 4) is 0 Å². The van der Waals surface area contributed by atoms with Crippen molar-refractivity contribution < 1.29 is 19.5 Å². The Morgan fingerprint density at radius 3 is 2.77 bits per heavy atom. The summed E-state index contributed by atoms with van der Waals surface area (Å²) >= 11 is 0. The van der Waals surface area contributed by atoms with Crippen LogP contribution in [-0.4, -0.2) is 41.2 Å². The zero-order valence-corrected chi connectivity index (χ0v) is 7.60. The Balaban J connectivity index is 2.42. The van der Waals surface area contributed by atoms with Crippen molar-refractivity contribution in [3.63, 3.8) is 0 Å². The lowest BCUT2D eigenvalue weighted by Gasteiger charge is -2.18. The first-order chi connectivity index (χ1) is 5.91. The summed E-state index contributed by atoms with van der Waals surface area (Å²) in [6.45, 7) is 3.09. The standard InChI is InChI=1S/C7H13NO5/c1-7(2)12-4-6(13-7)5(9)3-8(10)11/h5-6,9H,3-4H2,1-2H3/t5-,6?/m1/s1. The third-order valence-corrected chi connectivity index (χ3v) is 1.80. The Morgan fingerprint density at radius 2 is 2.38 bits per heavy atom. The lowest BCUT2D eigenvalue weighted by molar-refractivity contribution is -0.493. The molecule has 0 aromatic rings. The van der Waals surface area contributed by atoms with E-state index < -0.39 is 29.5 Å². The number of aliphatic hydroxyl groups excluding tert-OH is 1. The average Bonchev–Trinajstić information content (AvgIpc) is 2.28. The van der Waals surface area contributed by atoms with E-state index in [9.17, 15) is 15.2 Å². The molecule has 1 aliphatic heterocycles. The highest BCUT2D eigenvalue weighted by Crippen LogP contribution is 2.24. The smallest absolute Gasteiger partial charge is 0.232 e. The van der Waals surface area contributed by atoms with Crippen LogP contribution < -0.4 is 0 Å². The molecule has 1 N–H and O–H groups in total. The highest BCUT2D eigenvalue weighted by molar-refractivity contribution is 4.76. The van der Waals surface area contributed by atoms with E-state index in [4.69, 9.17) is 9.47 Å². The van der Waals surface area contributed by atoms with Crippen LogP contribution in [0.25, 0.3) is 0 Å². The van der Waals surface area contributed by atoms with Gasteiger partial charge in [-0.3, -0.25) is 10.1 Å². The van der Waals surface area contributed by atoms with Gasteiger partial charge in [-0.15, -0.1) is 0 Å². The number of hydrogen-bond acceptors (Lipinski definition) is 5. The first-order valence-electron chi connectivity index (χ1n) is 4.02. The molecule has 0 aliphatic carbocycles. The summed E-state index contributed by atoms with van der Waals surface area (Å²) in [5.74, 6) is -0.748. The molecular formula is C7H13NO5. The predicted octanol–water partition coefficient (Wildman–Crippen LogP) is -0.224. The van der Waals surface area contributed by atoms with Gasteiger partial charge in [-0.1, -0.05) is 0 Å². The quantitative estimate of drug-likeness (QED) is 0.492. The molecule has 1 heterocycles. The Kier molecular flexibility index (Phi) is 2.84. The third kappa shape index (κ3) is 2.91. The van der Waals surface area contributed by atoms with Crippen molar-refractivity contribution in [2.24, 2.45) is 0 Å². The molecule has 0 aromatic heterocycles. The molecule has 0 aromatic carbocycles. The van der Waals surface area contributed by atoms with Gasteiger partial charge in [0.25, 0.3) is 0 Å². The highest BCUT2D eigenvalue weighted by atomic mass is 16.7. The molecule has 1 fully saturated rings. The lowest BCUT2D eigenvalue weighted by atomic mass is 10.2. The zero-order valence-electron chi connectivity index (χ0n) is 7.60. The van der Waals surface area contributed by atoms with Gasteiger partial charge in [0, 0.05) is 4.92 Å². The minimum Gasteiger partial charge on any atom is -0.383 e. The Bertz CT molecular complexity index is 205. The summed E-state index contributed by atoms with van der Waals surface area (Å²) in [6.07, 6.45) is -1.70. The molecule has 1 aliphatic rings. The van der Waals surface area contributed by atoms with Crippen LogP contribution >= 0.6 is 0 Å². The van der Waals surface area contributed by atoms with Gasteiger partial charge >= 0.3 is 0 Å². The van der Waals surface area contributed by atoms with Crippen molar-refractivity contribution in [3.05, 3.63) is 10.1 Å². The van der Waals surface area contributed by atoms with Gasteiger partial charge < -0.3 is 14.6 Å². The van der Waals surface area contributed by atoms with Crippen LogP contribution in [0.3, 0.4) is 0 Å². The summed E-state index contributed by atoms with van der Waals surface area (Å²) in [5.41, 5.74) is 0. The van der Waals surface area contributed by atoms with E-state index in [-0.39, 0.29) is 6.61 Å². The maximum absolute atomic E-state index is 10.1. The van der Waals surface area contributed by atoms with Crippen LogP contribution in [0.5, 0.6) is 0 Å². The fourth-order valence-corrected chi connectivity index (χ4v) is 1.18. The molecule has 6 nitrogen and oxygen atoms in total. The van der Waals surface area contributed by atoms with Crippen molar-refractivity contribution in [2.75, 3.05) is 13.2 Å². The fourth-order valence-electron chi connectivity index (χ4n) is 1.18. The van der Waals surface area contributed by atoms with Gasteiger partial charge in [0.05, 0.1) is 6.61 Å². The SMILES string of the molecule is CC1(C)OCC([C@H](O)C[N+](=O)[O-])O1. The molecule has 0 radical (unpaired) electrons. The molecule has 1 rings (SSSR count). The average molecular weight is 191 g/mol. The van der Waals surface area contributed by atoms with Gasteiger partial charge in [-0.2, -0.15) is 0 Å². The molecular weight excluding hydrogens is 178 g/mol. The second-order valence-electron chi connectivity index (χ2n) is 3.45. The second kappa shape index (κ2) is 3.57. The lowest BCUT2D eigenvalue weighted by Crippen LogP contribution is -2.35. The van der Waals surface area contributed by atoms with Crippen LogP contribution in [-0.2, 0) is 9.47 Å². The highest BCUT2D eigenvalue weighted by Gasteiger charge is 2.38. The van der Waals surface area contributed by atoms with E-state index in [0.717, 1.165) is 0 Å². The van der Waals surface area contributed by atoms with Gasteiger partial charge in [0.1, 0.15) is 12.2 Å². The van der Waals surface area contributed by atoms with E-state index >= 15 is 0 Å². The van der Waals surface area contributed by atoms with E-state index in [1.54, 1.807) is 13.8 Å². The van der Waals surface area contributed by atoms with E-state index in [2.05, 4.69) is 0 Å². The van der Waals surface area contributed by atoms with Crippen molar-refractivity contribution in [2.45, 2.75) is 31.8 Å². The molecule has 13 heavy (non-hydrogen) atoms. The van der Waals surface area contributed by atoms with Crippen molar-refractivity contribution in [1.29, 1.82) is 0 Å². The minimum atomic E-state index is -1.10. The summed E-state index contributed by atoms with van der Waals surface area (Å²) < 4.78 is 10.4. The molecule has 76 valence electrons. The molecule has 2 atom stereocenters. The maximum atomic E-state index is 10.1. The van der Waals surface area contributed by atoms with Crippen LogP contribution in [0.2, 0.25) is 0 Å². The van der Waals surface area contributed by atoms with Crippen LogP contribution in [0, 0.1) is 10.1 Å². The number of hydrogen-bond donors (Lipinski definition) is 1. The number of ether oxygens (including phenoxy) is 2. The topological polar surface area (TPSA) is 81.8 Å².